The van der Waals surface area contributed by atoms with Crippen molar-refractivity contribution in [2.75, 3.05) is 0 Å². The third-order valence-corrected chi connectivity index (χ3v) is 6.12. The van der Waals surface area contributed by atoms with Crippen molar-refractivity contribution in [1.29, 1.82) is 0 Å². The van der Waals surface area contributed by atoms with Crippen LogP contribution in [0.2, 0.25) is 39.3 Å². The van der Waals surface area contributed by atoms with Crippen molar-refractivity contribution < 1.29 is 48.4 Å². The summed E-state index contributed by atoms with van der Waals surface area (Å²) in [5, 5.41) is 0. The predicted octanol–water partition coefficient (Wildman–Crippen LogP) is 6.00. The van der Waals surface area contributed by atoms with Crippen LogP contribution >= 0.6 is 15.9 Å². The van der Waals surface area contributed by atoms with E-state index >= 15 is 4.39 Å². The Balaban J connectivity index is 4.00. The second-order valence-electron chi connectivity index (χ2n) is 7.92. The molecule has 0 amide bonds. The molecule has 1 aliphatic rings. The first kappa shape index (κ1) is 24.2. The SMILES string of the molecule is C[Si](C)(C)OC1(O[Si](C)(C)C)C(F)(F)C(F)(F)C(F)(F)C(F)(F)C1(F)Br. The Morgan fingerprint density at radius 3 is 1.08 bits per heavy atom. The molecule has 1 unspecified atom stereocenters. The van der Waals surface area contributed by atoms with Gasteiger partial charge in [0.2, 0.25) is 0 Å². The van der Waals surface area contributed by atoms with E-state index in [-0.39, 0.29) is 0 Å². The maximum Gasteiger partial charge on any atom is 0.384 e. The van der Waals surface area contributed by atoms with E-state index in [0.717, 1.165) is 39.3 Å². The van der Waals surface area contributed by atoms with Crippen LogP contribution in [0.5, 0.6) is 0 Å². The van der Waals surface area contributed by atoms with E-state index in [4.69, 9.17) is 8.85 Å². The predicted molar refractivity (Wildman–Crippen MR) is 84.1 cm³/mol. The Labute approximate surface area is 154 Å². The topological polar surface area (TPSA) is 18.5 Å². The number of hydrogen-bond acceptors (Lipinski definition) is 2. The summed E-state index contributed by atoms with van der Waals surface area (Å²) in [6.45, 7) is 6.61. The molecule has 0 spiro atoms. The highest BCUT2D eigenvalue weighted by atomic mass is 79.9. The van der Waals surface area contributed by atoms with Crippen molar-refractivity contribution in [3.05, 3.63) is 0 Å². The number of rotatable bonds is 4. The largest absolute Gasteiger partial charge is 0.384 e. The van der Waals surface area contributed by atoms with Crippen LogP contribution in [0.25, 0.3) is 0 Å². The lowest BCUT2D eigenvalue weighted by molar-refractivity contribution is -0.486. The normalized spacial score (nSPS) is 32.3. The Kier molecular flexibility index (Phi) is 5.46. The average Bonchev–Trinajstić information content (AvgIpc) is 2.31. The maximum atomic E-state index is 15.0. The zero-order valence-corrected chi connectivity index (χ0v) is 18.2. The van der Waals surface area contributed by atoms with Gasteiger partial charge in [0.25, 0.3) is 10.4 Å². The minimum absolute atomic E-state index is 1.10. The van der Waals surface area contributed by atoms with Crippen molar-refractivity contribution >= 4 is 32.6 Å². The summed E-state index contributed by atoms with van der Waals surface area (Å²) in [4.78, 5) is 0. The molecule has 0 saturated heterocycles. The lowest BCUT2D eigenvalue weighted by atomic mass is 9.79. The van der Waals surface area contributed by atoms with Gasteiger partial charge in [-0.25, -0.2) is 4.39 Å². The fourth-order valence-electron chi connectivity index (χ4n) is 2.34. The number of halogens is 10. The van der Waals surface area contributed by atoms with Crippen LogP contribution in [0.3, 0.4) is 0 Å². The highest BCUT2D eigenvalue weighted by Crippen LogP contribution is 2.71. The van der Waals surface area contributed by atoms with E-state index in [9.17, 15) is 35.1 Å². The molecule has 0 N–H and O–H groups in total. The quantitative estimate of drug-likeness (QED) is 0.204. The third-order valence-electron chi connectivity index (χ3n) is 3.30. The van der Waals surface area contributed by atoms with Crippen LogP contribution < -0.4 is 0 Å². The molecule has 0 radical (unpaired) electrons. The minimum Gasteiger partial charge on any atom is -0.384 e. The molecule has 14 heteroatoms. The van der Waals surface area contributed by atoms with Crippen LogP contribution in [0.1, 0.15) is 0 Å². The van der Waals surface area contributed by atoms with Crippen molar-refractivity contribution in [2.24, 2.45) is 0 Å². The van der Waals surface area contributed by atoms with Crippen LogP contribution in [0.4, 0.5) is 39.5 Å². The van der Waals surface area contributed by atoms with Crippen molar-refractivity contribution in [2.45, 2.75) is 73.3 Å². The highest BCUT2D eigenvalue weighted by molar-refractivity contribution is 9.10. The smallest absolute Gasteiger partial charge is 0.384 e. The second kappa shape index (κ2) is 5.86. The average molecular weight is 501 g/mol. The molecule has 0 heterocycles. The third kappa shape index (κ3) is 2.97. The maximum absolute atomic E-state index is 15.0. The van der Waals surface area contributed by atoms with Gasteiger partial charge in [0.05, 0.1) is 0 Å². The molecule has 0 aliphatic heterocycles. The lowest BCUT2D eigenvalue weighted by Crippen LogP contribution is -2.87. The Morgan fingerprint density at radius 1 is 0.538 bits per heavy atom. The molecular weight excluding hydrogens is 483 g/mol. The van der Waals surface area contributed by atoms with Gasteiger partial charge in [0, 0.05) is 0 Å². The molecule has 2 nitrogen and oxygen atoms in total. The van der Waals surface area contributed by atoms with Crippen LogP contribution in [0, 0.1) is 0 Å². The molecule has 0 aromatic heterocycles. The van der Waals surface area contributed by atoms with Gasteiger partial charge in [-0.1, -0.05) is 0 Å². The summed E-state index contributed by atoms with van der Waals surface area (Å²) in [5.41, 5.74) is 0. The molecule has 0 aromatic rings. The molecule has 156 valence electrons. The Morgan fingerprint density at radius 2 is 0.808 bits per heavy atom. The molecule has 1 atom stereocenters. The fraction of sp³-hybridized carbons (Fsp3) is 1.00. The van der Waals surface area contributed by atoms with Gasteiger partial charge in [-0.2, -0.15) is 35.1 Å². The molecule has 26 heavy (non-hydrogen) atoms. The van der Waals surface area contributed by atoms with Gasteiger partial charge in [-0.05, 0) is 55.2 Å². The van der Waals surface area contributed by atoms with Gasteiger partial charge in [0.1, 0.15) is 0 Å². The molecule has 1 rings (SSSR count). The van der Waals surface area contributed by atoms with E-state index in [1.54, 1.807) is 0 Å². The first-order valence-corrected chi connectivity index (χ1v) is 14.8. The highest BCUT2D eigenvalue weighted by Gasteiger charge is 3.00. The van der Waals surface area contributed by atoms with Gasteiger partial charge in [-0.15, -0.1) is 0 Å². The molecule has 1 saturated carbocycles. The zero-order chi connectivity index (χ0) is 21.4. The van der Waals surface area contributed by atoms with Crippen LogP contribution in [0.15, 0.2) is 0 Å². The van der Waals surface area contributed by atoms with Crippen LogP contribution in [-0.4, -0.2) is 50.7 Å². The Hall–Kier alpha value is 0.204. The zero-order valence-electron chi connectivity index (χ0n) is 14.6. The van der Waals surface area contributed by atoms with Crippen molar-refractivity contribution in [1.82, 2.24) is 0 Å². The van der Waals surface area contributed by atoms with Gasteiger partial charge in [0.15, 0.2) is 16.6 Å². The second-order valence-corrected chi connectivity index (χ2v) is 17.9. The van der Waals surface area contributed by atoms with Gasteiger partial charge in [-0.3, -0.25) is 0 Å². The van der Waals surface area contributed by atoms with E-state index in [1.165, 1.54) is 15.9 Å². The number of alkyl halides is 10. The first-order valence-electron chi connectivity index (χ1n) is 7.21. The summed E-state index contributed by atoms with van der Waals surface area (Å²) >= 11 is 1.53. The fourth-order valence-corrected chi connectivity index (χ4v) is 5.73. The molecule has 1 aliphatic carbocycles. The molecular formula is C12H18BrF9O2Si2. The number of hydrogen-bond donors (Lipinski definition) is 0. The lowest BCUT2D eigenvalue weighted by Gasteiger charge is -2.59. The summed E-state index contributed by atoms with van der Waals surface area (Å²) in [5.74, 6) is -30.5. The standard InChI is InChI=1S/C12H18BrF9O2Si2/c1-25(2,3)23-12(24-26(4,5)6)7(13,14)8(15,16)9(17,18)10(19,20)11(12,21)22/h1-6H3. The van der Waals surface area contributed by atoms with Gasteiger partial charge >= 0.3 is 23.7 Å². The van der Waals surface area contributed by atoms with E-state index in [0.29, 0.717) is 0 Å². The molecule has 0 aromatic carbocycles. The summed E-state index contributed by atoms with van der Waals surface area (Å²) < 4.78 is 132. The molecule has 1 fully saturated rings. The van der Waals surface area contributed by atoms with E-state index < -0.39 is 50.7 Å². The summed E-state index contributed by atoms with van der Waals surface area (Å²) in [6, 6.07) is 0. The van der Waals surface area contributed by atoms with E-state index in [1.807, 2.05) is 0 Å². The summed E-state index contributed by atoms with van der Waals surface area (Å²) in [6.07, 6.45) is 0. The first-order chi connectivity index (χ1) is 10.9. The van der Waals surface area contributed by atoms with Gasteiger partial charge < -0.3 is 8.85 Å². The molecule has 0 bridgehead atoms. The summed E-state index contributed by atoms with van der Waals surface area (Å²) in [7, 11) is -7.06. The van der Waals surface area contributed by atoms with Crippen molar-refractivity contribution in [3.8, 4) is 0 Å². The monoisotopic (exact) mass is 500 g/mol. The Bertz CT molecular complexity index is 522. The van der Waals surface area contributed by atoms with Crippen molar-refractivity contribution in [3.63, 3.8) is 0 Å². The van der Waals surface area contributed by atoms with Crippen LogP contribution in [-0.2, 0) is 8.85 Å². The van der Waals surface area contributed by atoms with E-state index in [2.05, 4.69) is 0 Å². The minimum atomic E-state index is -6.73.